The third kappa shape index (κ3) is 2.28. The van der Waals surface area contributed by atoms with Crippen LogP contribution in [0.5, 0.6) is 0 Å². The standard InChI is InChI=1S/C17H30O3/c1-6-10-16(15(18)19-7-2)17(20-16)11-13(5)8-9-14(17)12(3)4/h12-14H,6-11H2,1-5H3. The van der Waals surface area contributed by atoms with Crippen LogP contribution < -0.4 is 0 Å². The van der Waals surface area contributed by atoms with Gasteiger partial charge in [0.15, 0.2) is 5.60 Å². The highest BCUT2D eigenvalue weighted by Gasteiger charge is 2.78. The number of ether oxygens (including phenoxy) is 2. The Morgan fingerprint density at radius 3 is 2.60 bits per heavy atom. The molecule has 0 aromatic rings. The third-order valence-corrected chi connectivity index (χ3v) is 5.23. The Morgan fingerprint density at radius 2 is 2.05 bits per heavy atom. The van der Waals surface area contributed by atoms with Gasteiger partial charge in [0.1, 0.15) is 5.60 Å². The molecule has 4 atom stereocenters. The second-order valence-electron chi connectivity index (χ2n) is 7.03. The molecule has 1 aliphatic carbocycles. The molecule has 1 saturated carbocycles. The zero-order valence-corrected chi connectivity index (χ0v) is 13.7. The van der Waals surface area contributed by atoms with Crippen LogP contribution in [-0.2, 0) is 14.3 Å². The Bertz CT molecular complexity index is 365. The maximum absolute atomic E-state index is 12.5. The average molecular weight is 282 g/mol. The van der Waals surface area contributed by atoms with Crippen LogP contribution in [0.25, 0.3) is 0 Å². The molecular weight excluding hydrogens is 252 g/mol. The van der Waals surface area contributed by atoms with E-state index in [9.17, 15) is 4.79 Å². The first-order chi connectivity index (χ1) is 9.43. The average Bonchev–Trinajstić information content (AvgIpc) is 2.98. The lowest BCUT2D eigenvalue weighted by Gasteiger charge is -2.37. The lowest BCUT2D eigenvalue weighted by Crippen LogP contribution is -2.45. The fraction of sp³-hybridized carbons (Fsp3) is 0.941. The summed E-state index contributed by atoms with van der Waals surface area (Å²) in [5.41, 5.74) is -0.900. The lowest BCUT2D eigenvalue weighted by molar-refractivity contribution is -0.150. The number of carbonyl (C=O) groups excluding carboxylic acids is 1. The monoisotopic (exact) mass is 282 g/mol. The van der Waals surface area contributed by atoms with Crippen molar-refractivity contribution in [3.8, 4) is 0 Å². The summed E-state index contributed by atoms with van der Waals surface area (Å²) in [5, 5.41) is 0. The van der Waals surface area contributed by atoms with Crippen LogP contribution in [0.1, 0.15) is 66.7 Å². The van der Waals surface area contributed by atoms with Crippen LogP contribution in [0.15, 0.2) is 0 Å². The molecule has 20 heavy (non-hydrogen) atoms. The normalized spacial score (nSPS) is 40.1. The van der Waals surface area contributed by atoms with Gasteiger partial charge in [-0.15, -0.1) is 0 Å². The van der Waals surface area contributed by atoms with Gasteiger partial charge in [-0.2, -0.15) is 0 Å². The summed E-state index contributed by atoms with van der Waals surface area (Å²) in [4.78, 5) is 12.5. The zero-order chi connectivity index (χ0) is 15.0. The molecular formula is C17H30O3. The fourth-order valence-electron chi connectivity index (χ4n) is 4.39. The molecule has 4 unspecified atom stereocenters. The highest BCUT2D eigenvalue weighted by molar-refractivity contribution is 5.85. The van der Waals surface area contributed by atoms with Crippen molar-refractivity contribution in [3.63, 3.8) is 0 Å². The van der Waals surface area contributed by atoms with E-state index in [2.05, 4.69) is 27.7 Å². The molecule has 0 N–H and O–H groups in total. The Hall–Kier alpha value is -0.570. The van der Waals surface area contributed by atoms with Crippen LogP contribution in [0.3, 0.4) is 0 Å². The van der Waals surface area contributed by atoms with Crippen molar-refractivity contribution in [2.24, 2.45) is 17.8 Å². The number of rotatable bonds is 5. The predicted molar refractivity (Wildman–Crippen MR) is 79.4 cm³/mol. The predicted octanol–water partition coefficient (Wildman–Crippen LogP) is 3.95. The van der Waals surface area contributed by atoms with Crippen LogP contribution in [0.4, 0.5) is 0 Å². The summed E-state index contributed by atoms with van der Waals surface area (Å²) in [6.45, 7) is 11.2. The summed E-state index contributed by atoms with van der Waals surface area (Å²) in [6, 6.07) is 0. The maximum Gasteiger partial charge on any atom is 0.341 e. The van der Waals surface area contributed by atoms with E-state index in [1.54, 1.807) is 0 Å². The largest absolute Gasteiger partial charge is 0.464 e. The molecule has 3 heteroatoms. The fourth-order valence-corrected chi connectivity index (χ4v) is 4.39. The maximum atomic E-state index is 12.5. The van der Waals surface area contributed by atoms with Gasteiger partial charge in [-0.1, -0.05) is 40.5 Å². The molecule has 2 rings (SSSR count). The number of esters is 1. The molecule has 2 fully saturated rings. The minimum absolute atomic E-state index is 0.124. The van der Waals surface area contributed by atoms with Gasteiger partial charge in [0.2, 0.25) is 0 Å². The van der Waals surface area contributed by atoms with Crippen LogP contribution in [0.2, 0.25) is 0 Å². The van der Waals surface area contributed by atoms with E-state index in [-0.39, 0.29) is 11.6 Å². The van der Waals surface area contributed by atoms with Crippen molar-refractivity contribution in [3.05, 3.63) is 0 Å². The van der Waals surface area contributed by atoms with Gasteiger partial charge >= 0.3 is 5.97 Å². The second-order valence-corrected chi connectivity index (χ2v) is 7.03. The highest BCUT2D eigenvalue weighted by atomic mass is 16.7. The summed E-state index contributed by atoms with van der Waals surface area (Å²) in [7, 11) is 0. The minimum atomic E-state index is -0.651. The Labute approximate surface area is 123 Å². The van der Waals surface area contributed by atoms with E-state index < -0.39 is 5.60 Å². The van der Waals surface area contributed by atoms with Crippen LogP contribution in [-0.4, -0.2) is 23.8 Å². The number of hydrogen-bond acceptors (Lipinski definition) is 3. The van der Waals surface area contributed by atoms with Crippen LogP contribution >= 0.6 is 0 Å². The van der Waals surface area contributed by atoms with E-state index in [4.69, 9.17) is 9.47 Å². The topological polar surface area (TPSA) is 38.8 Å². The summed E-state index contributed by atoms with van der Waals surface area (Å²) >= 11 is 0. The summed E-state index contributed by atoms with van der Waals surface area (Å²) < 4.78 is 11.6. The molecule has 116 valence electrons. The van der Waals surface area contributed by atoms with Crippen molar-refractivity contribution in [1.82, 2.24) is 0 Å². The first kappa shape index (κ1) is 15.8. The molecule has 0 aromatic carbocycles. The van der Waals surface area contributed by atoms with E-state index >= 15 is 0 Å². The third-order valence-electron chi connectivity index (χ3n) is 5.23. The van der Waals surface area contributed by atoms with Crippen molar-refractivity contribution in [1.29, 1.82) is 0 Å². The molecule has 1 saturated heterocycles. The molecule has 0 bridgehead atoms. The summed E-state index contributed by atoms with van der Waals surface area (Å²) in [6.07, 6.45) is 5.18. The smallest absolute Gasteiger partial charge is 0.341 e. The molecule has 0 amide bonds. The molecule has 1 spiro atoms. The van der Waals surface area contributed by atoms with Gasteiger partial charge < -0.3 is 9.47 Å². The molecule has 2 aliphatic rings. The van der Waals surface area contributed by atoms with E-state index in [0.29, 0.717) is 24.4 Å². The SMILES string of the molecule is CCCC1(C(=O)OCC)OC12CC(C)CCC2C(C)C. The summed E-state index contributed by atoms with van der Waals surface area (Å²) in [5.74, 6) is 1.55. The van der Waals surface area contributed by atoms with Gasteiger partial charge in [0.25, 0.3) is 0 Å². The Kier molecular flexibility index (Phi) is 4.48. The zero-order valence-electron chi connectivity index (χ0n) is 13.7. The Balaban J connectivity index is 2.29. The first-order valence-electron chi connectivity index (χ1n) is 8.31. The van der Waals surface area contributed by atoms with Gasteiger partial charge in [0, 0.05) is 0 Å². The van der Waals surface area contributed by atoms with Crippen molar-refractivity contribution in [2.75, 3.05) is 6.61 Å². The van der Waals surface area contributed by atoms with E-state index in [1.807, 2.05) is 6.92 Å². The quantitative estimate of drug-likeness (QED) is 0.566. The van der Waals surface area contributed by atoms with E-state index in [1.165, 1.54) is 12.8 Å². The molecule has 1 heterocycles. The van der Waals surface area contributed by atoms with Gasteiger partial charge in [-0.05, 0) is 43.9 Å². The second kappa shape index (κ2) is 5.67. The first-order valence-corrected chi connectivity index (χ1v) is 8.31. The molecule has 3 nitrogen and oxygen atoms in total. The van der Waals surface area contributed by atoms with Crippen molar-refractivity contribution >= 4 is 5.97 Å². The minimum Gasteiger partial charge on any atom is -0.464 e. The number of epoxide rings is 1. The van der Waals surface area contributed by atoms with Gasteiger partial charge in [-0.3, -0.25) is 0 Å². The van der Waals surface area contributed by atoms with Crippen LogP contribution in [0, 0.1) is 17.8 Å². The molecule has 0 aromatic heterocycles. The van der Waals surface area contributed by atoms with Crippen molar-refractivity contribution in [2.45, 2.75) is 77.9 Å². The highest BCUT2D eigenvalue weighted by Crippen LogP contribution is 2.64. The number of hydrogen-bond donors (Lipinski definition) is 0. The number of carbonyl (C=O) groups is 1. The molecule has 0 radical (unpaired) electrons. The van der Waals surface area contributed by atoms with Gasteiger partial charge in [-0.25, -0.2) is 4.79 Å². The Morgan fingerprint density at radius 1 is 1.35 bits per heavy atom. The lowest BCUT2D eigenvalue weighted by atomic mass is 9.64. The molecule has 1 aliphatic heterocycles. The van der Waals surface area contributed by atoms with Gasteiger partial charge in [0.05, 0.1) is 6.61 Å². The van der Waals surface area contributed by atoms with Crippen molar-refractivity contribution < 1.29 is 14.3 Å². The van der Waals surface area contributed by atoms with E-state index in [0.717, 1.165) is 19.3 Å².